The summed E-state index contributed by atoms with van der Waals surface area (Å²) >= 11 is 0. The molecule has 0 saturated carbocycles. The van der Waals surface area contributed by atoms with Crippen molar-refractivity contribution >= 4 is 34.5 Å². The highest BCUT2D eigenvalue weighted by atomic mass is 16.5. The van der Waals surface area contributed by atoms with Crippen LogP contribution in [-0.2, 0) is 43.3 Å². The standard InChI is InChI=1S/C43H57N11O6/c1-7-54(5)25-53-39-27-10-11-33-30(17-27)32(38(45-33)31-18-28(21-44-37(31)26(2)58-6)51-14-13-50-15-16-59-23-29(50)22-51)20-43(3,4)24-60-41(56)34-9-8-12-52(48-34)40(55)35(46-42(54)57)19-36(47-39)49-53/h10-11,17-18,21,26,29,34-35,48H,7-9,12-16,19-20,22-25H2,1-6H3,(H-,45,46,47,49,57)/p+1. The van der Waals surface area contributed by atoms with E-state index < -0.39 is 23.5 Å². The maximum Gasteiger partial charge on any atom is 0.418 e. The molecule has 0 aliphatic carbocycles. The molecule has 1 aromatic carbocycles. The van der Waals surface area contributed by atoms with Gasteiger partial charge in [-0.2, -0.15) is 9.78 Å². The van der Waals surface area contributed by atoms with Gasteiger partial charge in [0.15, 0.2) is 18.3 Å². The predicted molar refractivity (Wildman–Crippen MR) is 223 cm³/mol. The van der Waals surface area contributed by atoms with E-state index >= 15 is 0 Å². The zero-order valence-corrected chi connectivity index (χ0v) is 35.6. The predicted octanol–water partition coefficient (Wildman–Crippen LogP) is 3.40. The Morgan fingerprint density at radius 1 is 1.10 bits per heavy atom. The second-order valence-corrected chi connectivity index (χ2v) is 18.1. The molecular formula is C43H58N11O6+. The number of morpholine rings is 1. The summed E-state index contributed by atoms with van der Waals surface area (Å²) in [6.45, 7) is 14.6. The van der Waals surface area contributed by atoms with Crippen LogP contribution in [0, 0.1) is 5.41 Å². The number of fused-ring (bicyclic) bond motifs is 9. The smallest absolute Gasteiger partial charge is 0.418 e. The second-order valence-electron chi connectivity index (χ2n) is 18.1. The summed E-state index contributed by atoms with van der Waals surface area (Å²) < 4.78 is 19.7. The van der Waals surface area contributed by atoms with E-state index in [-0.39, 0.29) is 42.2 Å². The average Bonchev–Trinajstić information content (AvgIpc) is 3.84. The van der Waals surface area contributed by atoms with Crippen LogP contribution in [0.25, 0.3) is 33.5 Å². The lowest BCUT2D eigenvalue weighted by molar-refractivity contribution is -0.852. The van der Waals surface area contributed by atoms with Crippen molar-refractivity contribution in [3.05, 3.63) is 47.5 Å². The molecule has 5 aliphatic heterocycles. The molecule has 9 rings (SSSR count). The average molecular weight is 825 g/mol. The molecule has 3 saturated heterocycles. The number of piperazine rings is 1. The third-order valence-corrected chi connectivity index (χ3v) is 13.2. The number of aromatic amines is 1. The van der Waals surface area contributed by atoms with Gasteiger partial charge in [0.2, 0.25) is 0 Å². The van der Waals surface area contributed by atoms with Crippen LogP contribution < -0.4 is 15.6 Å². The van der Waals surface area contributed by atoms with Crippen molar-refractivity contribution in [2.45, 2.75) is 84.3 Å². The normalized spacial score (nSPS) is 26.8. The lowest BCUT2D eigenvalue weighted by Gasteiger charge is -2.44. The zero-order chi connectivity index (χ0) is 41.9. The number of hydrazine groups is 1. The first kappa shape index (κ1) is 40.5. The molecule has 320 valence electrons. The van der Waals surface area contributed by atoms with Crippen molar-refractivity contribution in [3.63, 3.8) is 0 Å². The van der Waals surface area contributed by atoms with Gasteiger partial charge in [-0.1, -0.05) is 13.8 Å². The van der Waals surface area contributed by atoms with Gasteiger partial charge in [0.25, 0.3) is 5.91 Å². The van der Waals surface area contributed by atoms with E-state index in [0.29, 0.717) is 50.0 Å². The van der Waals surface area contributed by atoms with Crippen molar-refractivity contribution in [3.8, 4) is 22.6 Å². The third-order valence-electron chi connectivity index (χ3n) is 13.2. The zero-order valence-electron chi connectivity index (χ0n) is 35.6. The molecule has 3 fully saturated rings. The number of carbonyl (C=O) groups is 3. The van der Waals surface area contributed by atoms with Gasteiger partial charge < -0.3 is 24.1 Å². The molecule has 5 unspecified atom stereocenters. The molecule has 5 aliphatic rings. The summed E-state index contributed by atoms with van der Waals surface area (Å²) in [6, 6.07) is 6.86. The van der Waals surface area contributed by atoms with Crippen LogP contribution in [0.5, 0.6) is 0 Å². The molecule has 0 spiro atoms. The lowest BCUT2D eigenvalue weighted by Crippen LogP contribution is -2.63. The Hall–Kier alpha value is -4.94. The minimum Gasteiger partial charge on any atom is -0.464 e. The maximum atomic E-state index is 14.2. The molecule has 3 N–H and O–H groups in total. The Kier molecular flexibility index (Phi) is 10.7. The number of quaternary nitrogens is 1. The van der Waals surface area contributed by atoms with E-state index in [4.69, 9.17) is 29.3 Å². The molecule has 17 nitrogen and oxygen atoms in total. The molecule has 5 atom stereocenters. The summed E-state index contributed by atoms with van der Waals surface area (Å²) in [5, 5.41) is 10.4. The van der Waals surface area contributed by atoms with Gasteiger partial charge in [-0.15, -0.1) is 0 Å². The Morgan fingerprint density at radius 3 is 2.77 bits per heavy atom. The van der Waals surface area contributed by atoms with E-state index in [9.17, 15) is 14.4 Å². The molecule has 8 bridgehead atoms. The first-order valence-electron chi connectivity index (χ1n) is 21.4. The quantitative estimate of drug-likeness (QED) is 0.198. The first-order chi connectivity index (χ1) is 28.8. The van der Waals surface area contributed by atoms with Gasteiger partial charge in [0.05, 0.1) is 68.8 Å². The number of hydrogen-bond donors (Lipinski definition) is 3. The van der Waals surface area contributed by atoms with E-state index in [2.05, 4.69) is 57.6 Å². The fraction of sp³-hybridized carbons (Fsp3) is 0.581. The van der Waals surface area contributed by atoms with Gasteiger partial charge in [-0.3, -0.25) is 29.8 Å². The van der Waals surface area contributed by atoms with Crippen LogP contribution in [0.15, 0.2) is 30.5 Å². The molecule has 4 aromatic rings. The SMILES string of the molecule is CC[N+]1(C)Cn2nc3nc2-c2ccc4[nH]c(-c5cc(N6CCN7CCOCC7C6)cnc5C(C)OC)c(c4c2)CC(C)(C)COC(=O)C2CCCN(N2)C(=O)C(C3)NC1=O. The fourth-order valence-electron chi connectivity index (χ4n) is 9.33. The number of anilines is 1. The summed E-state index contributed by atoms with van der Waals surface area (Å²) in [7, 11) is 3.55. The minimum absolute atomic E-state index is 0.0510. The third kappa shape index (κ3) is 7.54. The molecular weight excluding hydrogens is 767 g/mol. The number of hydrogen-bond acceptors (Lipinski definition) is 12. The Labute approximate surface area is 350 Å². The van der Waals surface area contributed by atoms with Gasteiger partial charge in [0.1, 0.15) is 12.1 Å². The molecule has 3 aromatic heterocycles. The van der Waals surface area contributed by atoms with Crippen LogP contribution in [-0.4, -0.2) is 148 Å². The van der Waals surface area contributed by atoms with Crippen LogP contribution in [0.3, 0.4) is 0 Å². The van der Waals surface area contributed by atoms with E-state index in [1.165, 1.54) is 5.01 Å². The topological polar surface area (TPSA) is 172 Å². The van der Waals surface area contributed by atoms with E-state index in [0.717, 1.165) is 84.1 Å². The molecule has 60 heavy (non-hydrogen) atoms. The number of ether oxygens (including phenoxy) is 3. The molecule has 3 amide bonds. The summed E-state index contributed by atoms with van der Waals surface area (Å²) in [4.78, 5) is 60.8. The number of aromatic nitrogens is 5. The number of carbonyl (C=O) groups excluding carboxylic acids is 3. The number of urea groups is 1. The Bertz CT molecular complexity index is 2310. The van der Waals surface area contributed by atoms with Crippen LogP contribution in [0.4, 0.5) is 10.5 Å². The first-order valence-corrected chi connectivity index (χ1v) is 21.4. The summed E-state index contributed by atoms with van der Waals surface area (Å²) in [5.41, 5.74) is 9.17. The summed E-state index contributed by atoms with van der Waals surface area (Å²) in [5.74, 6) is 0.299. The van der Waals surface area contributed by atoms with Crippen LogP contribution in [0.1, 0.15) is 63.7 Å². The fourth-order valence-corrected chi connectivity index (χ4v) is 9.33. The number of methoxy groups -OCH3 is 1. The second kappa shape index (κ2) is 15.8. The van der Waals surface area contributed by atoms with Crippen molar-refractivity contribution in [2.75, 3.05) is 78.1 Å². The van der Waals surface area contributed by atoms with Gasteiger partial charge >= 0.3 is 12.0 Å². The number of pyridine rings is 1. The Morgan fingerprint density at radius 2 is 1.95 bits per heavy atom. The van der Waals surface area contributed by atoms with E-state index in [1.54, 1.807) is 7.11 Å². The van der Waals surface area contributed by atoms with Crippen molar-refractivity contribution in [2.24, 2.45) is 5.41 Å². The van der Waals surface area contributed by atoms with E-state index in [1.807, 2.05) is 37.8 Å². The number of amides is 3. The van der Waals surface area contributed by atoms with Gasteiger partial charge in [-0.05, 0) is 62.9 Å². The molecule has 0 radical (unpaired) electrons. The summed E-state index contributed by atoms with van der Waals surface area (Å²) in [6.07, 6.45) is 3.42. The van der Waals surface area contributed by atoms with Crippen molar-refractivity contribution in [1.29, 1.82) is 0 Å². The largest absolute Gasteiger partial charge is 0.464 e. The van der Waals surface area contributed by atoms with Crippen LogP contribution in [0.2, 0.25) is 0 Å². The van der Waals surface area contributed by atoms with Crippen molar-refractivity contribution < 1.29 is 33.1 Å². The molecule has 17 heteroatoms. The monoisotopic (exact) mass is 824 g/mol. The van der Waals surface area contributed by atoms with Crippen LogP contribution >= 0.6 is 0 Å². The molecule has 8 heterocycles. The van der Waals surface area contributed by atoms with Crippen molar-refractivity contribution in [1.82, 2.24) is 45.4 Å². The number of esters is 1. The number of H-pyrrole nitrogens is 1. The highest BCUT2D eigenvalue weighted by Crippen LogP contribution is 2.41. The number of cyclic esters (lactones) is 1. The van der Waals surface area contributed by atoms with Gasteiger partial charge in [0, 0.05) is 73.7 Å². The number of rotatable bonds is 5. The maximum absolute atomic E-state index is 14.2. The van der Waals surface area contributed by atoms with Gasteiger partial charge in [-0.25, -0.2) is 19.7 Å². The number of nitrogens with zero attached hydrogens (tertiary/aromatic N) is 8. The highest BCUT2D eigenvalue weighted by Gasteiger charge is 2.41. The number of nitrogens with one attached hydrogen (secondary N) is 3. The number of benzene rings is 1. The minimum atomic E-state index is -0.947. The lowest BCUT2D eigenvalue weighted by atomic mass is 9.84. The highest BCUT2D eigenvalue weighted by molar-refractivity contribution is 5.94. The Balaban J connectivity index is 1.20.